The van der Waals surface area contributed by atoms with Gasteiger partial charge in [-0.25, -0.2) is 0 Å². The van der Waals surface area contributed by atoms with E-state index in [0.717, 1.165) is 18.6 Å². The Labute approximate surface area is 107 Å². The molecule has 0 aromatic heterocycles. The average Bonchev–Trinajstić information content (AvgIpc) is 2.32. The fraction of sp³-hybridized carbons (Fsp3) is 0.500. The van der Waals surface area contributed by atoms with E-state index >= 15 is 0 Å². The SMILES string of the molecule is COc1ccccc1C1CC(N[C@@H](C)C(=O)O)C1. The summed E-state index contributed by atoms with van der Waals surface area (Å²) in [6.07, 6.45) is 1.94. The van der Waals surface area contributed by atoms with Crippen LogP contribution in [0.25, 0.3) is 0 Å². The minimum absolute atomic E-state index is 0.297. The van der Waals surface area contributed by atoms with Gasteiger partial charge in [0.1, 0.15) is 11.8 Å². The first-order valence-electron chi connectivity index (χ1n) is 6.23. The molecule has 1 aliphatic rings. The van der Waals surface area contributed by atoms with Gasteiger partial charge in [-0.15, -0.1) is 0 Å². The zero-order valence-corrected chi connectivity index (χ0v) is 10.7. The number of para-hydroxylation sites is 1. The number of ether oxygens (including phenoxy) is 1. The van der Waals surface area contributed by atoms with Gasteiger partial charge in [-0.2, -0.15) is 0 Å². The number of rotatable bonds is 5. The summed E-state index contributed by atoms with van der Waals surface area (Å²) < 4.78 is 5.34. The van der Waals surface area contributed by atoms with E-state index in [1.807, 2.05) is 18.2 Å². The Kier molecular flexibility index (Phi) is 3.87. The molecule has 4 nitrogen and oxygen atoms in total. The number of hydrogen-bond donors (Lipinski definition) is 2. The molecule has 98 valence electrons. The Hall–Kier alpha value is -1.55. The van der Waals surface area contributed by atoms with Crippen molar-refractivity contribution in [3.05, 3.63) is 29.8 Å². The summed E-state index contributed by atoms with van der Waals surface area (Å²) in [4.78, 5) is 10.7. The highest BCUT2D eigenvalue weighted by Crippen LogP contribution is 2.40. The van der Waals surface area contributed by atoms with Crippen molar-refractivity contribution >= 4 is 5.97 Å². The molecule has 4 heteroatoms. The van der Waals surface area contributed by atoms with Crippen molar-refractivity contribution in [2.45, 2.75) is 37.8 Å². The number of carboxylic acids is 1. The molecular weight excluding hydrogens is 230 g/mol. The van der Waals surface area contributed by atoms with Crippen molar-refractivity contribution in [3.8, 4) is 5.75 Å². The highest BCUT2D eigenvalue weighted by atomic mass is 16.5. The lowest BCUT2D eigenvalue weighted by atomic mass is 9.75. The van der Waals surface area contributed by atoms with Crippen LogP contribution in [0, 0.1) is 0 Å². The molecule has 0 saturated heterocycles. The van der Waals surface area contributed by atoms with Gasteiger partial charge in [0.25, 0.3) is 0 Å². The predicted octanol–water partition coefficient (Wildman–Crippen LogP) is 2.00. The highest BCUT2D eigenvalue weighted by molar-refractivity contribution is 5.72. The van der Waals surface area contributed by atoms with Gasteiger partial charge in [-0.3, -0.25) is 4.79 Å². The van der Waals surface area contributed by atoms with Gasteiger partial charge in [0.05, 0.1) is 7.11 Å². The first-order valence-corrected chi connectivity index (χ1v) is 6.23. The average molecular weight is 249 g/mol. The van der Waals surface area contributed by atoms with Crippen LogP contribution in [0.2, 0.25) is 0 Å². The molecule has 1 fully saturated rings. The van der Waals surface area contributed by atoms with Gasteiger partial charge in [0.15, 0.2) is 0 Å². The molecule has 1 aromatic rings. The van der Waals surface area contributed by atoms with Crippen LogP contribution in [0.15, 0.2) is 24.3 Å². The van der Waals surface area contributed by atoms with Crippen LogP contribution in [0.5, 0.6) is 5.75 Å². The second-order valence-corrected chi connectivity index (χ2v) is 4.83. The van der Waals surface area contributed by atoms with E-state index < -0.39 is 12.0 Å². The molecule has 18 heavy (non-hydrogen) atoms. The van der Waals surface area contributed by atoms with E-state index in [-0.39, 0.29) is 0 Å². The van der Waals surface area contributed by atoms with Crippen LogP contribution in [0.3, 0.4) is 0 Å². The third-order valence-corrected chi connectivity index (χ3v) is 3.57. The number of hydrogen-bond acceptors (Lipinski definition) is 3. The van der Waals surface area contributed by atoms with Crippen molar-refractivity contribution in [2.24, 2.45) is 0 Å². The number of carboxylic acid groups (broad SMARTS) is 1. The molecule has 1 aromatic carbocycles. The largest absolute Gasteiger partial charge is 0.496 e. The summed E-state index contributed by atoms with van der Waals surface area (Å²) in [5.41, 5.74) is 1.22. The summed E-state index contributed by atoms with van der Waals surface area (Å²) >= 11 is 0. The van der Waals surface area contributed by atoms with Crippen LogP contribution in [0.1, 0.15) is 31.2 Å². The smallest absolute Gasteiger partial charge is 0.320 e. The topological polar surface area (TPSA) is 58.6 Å². The maximum absolute atomic E-state index is 10.7. The minimum Gasteiger partial charge on any atom is -0.496 e. The molecule has 0 radical (unpaired) electrons. The quantitative estimate of drug-likeness (QED) is 0.838. The second-order valence-electron chi connectivity index (χ2n) is 4.83. The van der Waals surface area contributed by atoms with Crippen molar-refractivity contribution in [1.82, 2.24) is 5.32 Å². The van der Waals surface area contributed by atoms with E-state index in [4.69, 9.17) is 9.84 Å². The number of carbonyl (C=O) groups is 1. The fourth-order valence-corrected chi connectivity index (χ4v) is 2.44. The summed E-state index contributed by atoms with van der Waals surface area (Å²) in [6, 6.07) is 7.84. The molecule has 0 heterocycles. The zero-order chi connectivity index (χ0) is 13.1. The summed E-state index contributed by atoms with van der Waals surface area (Å²) in [5.74, 6) is 0.600. The maximum atomic E-state index is 10.7. The predicted molar refractivity (Wildman–Crippen MR) is 69.0 cm³/mol. The monoisotopic (exact) mass is 249 g/mol. The molecule has 0 amide bonds. The van der Waals surface area contributed by atoms with E-state index in [0.29, 0.717) is 12.0 Å². The molecule has 0 unspecified atom stereocenters. The fourth-order valence-electron chi connectivity index (χ4n) is 2.44. The lowest BCUT2D eigenvalue weighted by Crippen LogP contribution is -2.47. The van der Waals surface area contributed by atoms with Gasteiger partial charge in [0, 0.05) is 6.04 Å². The first kappa shape index (κ1) is 12.9. The molecule has 1 saturated carbocycles. The molecule has 0 bridgehead atoms. The standard InChI is InChI=1S/C14H19NO3/c1-9(14(16)17)15-11-7-10(8-11)12-5-3-4-6-13(12)18-2/h3-6,9-11,15H,7-8H2,1-2H3,(H,16,17)/t9-,10?,11?/m0/s1. The number of methoxy groups -OCH3 is 1. The van der Waals surface area contributed by atoms with E-state index in [1.54, 1.807) is 14.0 Å². The van der Waals surface area contributed by atoms with Crippen LogP contribution in [-0.2, 0) is 4.79 Å². The van der Waals surface area contributed by atoms with Gasteiger partial charge in [0.2, 0.25) is 0 Å². The summed E-state index contributed by atoms with van der Waals surface area (Å²) in [5, 5.41) is 11.9. The number of aliphatic carboxylic acids is 1. The Morgan fingerprint density at radius 1 is 1.44 bits per heavy atom. The zero-order valence-electron chi connectivity index (χ0n) is 10.7. The maximum Gasteiger partial charge on any atom is 0.320 e. The van der Waals surface area contributed by atoms with Crippen molar-refractivity contribution in [1.29, 1.82) is 0 Å². The molecule has 0 spiro atoms. The summed E-state index contributed by atoms with van der Waals surface area (Å²) in [6.45, 7) is 1.68. The van der Waals surface area contributed by atoms with Crippen molar-refractivity contribution in [2.75, 3.05) is 7.11 Å². The Bertz CT molecular complexity index is 427. The third-order valence-electron chi connectivity index (χ3n) is 3.57. The summed E-state index contributed by atoms with van der Waals surface area (Å²) in [7, 11) is 1.68. The van der Waals surface area contributed by atoms with E-state index in [2.05, 4.69) is 11.4 Å². The Morgan fingerprint density at radius 2 is 2.11 bits per heavy atom. The molecular formula is C14H19NO3. The van der Waals surface area contributed by atoms with Crippen molar-refractivity contribution < 1.29 is 14.6 Å². The van der Waals surface area contributed by atoms with Crippen LogP contribution in [0.4, 0.5) is 0 Å². The van der Waals surface area contributed by atoms with Gasteiger partial charge >= 0.3 is 5.97 Å². The lowest BCUT2D eigenvalue weighted by Gasteiger charge is -2.37. The Balaban J connectivity index is 1.91. The molecule has 2 N–H and O–H groups in total. The van der Waals surface area contributed by atoms with Gasteiger partial charge in [-0.1, -0.05) is 18.2 Å². The van der Waals surface area contributed by atoms with E-state index in [1.165, 1.54) is 5.56 Å². The Morgan fingerprint density at radius 3 is 2.72 bits per heavy atom. The second kappa shape index (κ2) is 5.40. The molecule has 1 atom stereocenters. The van der Waals surface area contributed by atoms with E-state index in [9.17, 15) is 4.79 Å². The minimum atomic E-state index is -0.796. The van der Waals surface area contributed by atoms with Crippen LogP contribution >= 0.6 is 0 Å². The van der Waals surface area contributed by atoms with Crippen LogP contribution in [-0.4, -0.2) is 30.3 Å². The highest BCUT2D eigenvalue weighted by Gasteiger charge is 2.33. The molecule has 1 aliphatic carbocycles. The first-order chi connectivity index (χ1) is 8.61. The van der Waals surface area contributed by atoms with Gasteiger partial charge < -0.3 is 15.2 Å². The van der Waals surface area contributed by atoms with Crippen LogP contribution < -0.4 is 10.1 Å². The van der Waals surface area contributed by atoms with Gasteiger partial charge in [-0.05, 0) is 37.3 Å². The normalized spacial score (nSPS) is 24.1. The number of benzene rings is 1. The third kappa shape index (κ3) is 2.64. The lowest BCUT2D eigenvalue weighted by molar-refractivity contribution is -0.139. The molecule has 2 rings (SSSR count). The molecule has 0 aliphatic heterocycles. The number of nitrogens with one attached hydrogen (secondary N) is 1. The van der Waals surface area contributed by atoms with Crippen molar-refractivity contribution in [3.63, 3.8) is 0 Å².